The van der Waals surface area contributed by atoms with Gasteiger partial charge in [0.1, 0.15) is 0 Å². The van der Waals surface area contributed by atoms with Crippen molar-refractivity contribution in [3.63, 3.8) is 0 Å². The van der Waals surface area contributed by atoms with Crippen LogP contribution in [-0.4, -0.2) is 56.4 Å². The third kappa shape index (κ3) is 7.42. The monoisotopic (exact) mass is 344 g/mol. The number of carbonyl (C=O) groups excluding carboxylic acids is 1. The molecule has 0 saturated heterocycles. The molecule has 1 amide bonds. The van der Waals surface area contributed by atoms with Crippen molar-refractivity contribution < 1.29 is 4.79 Å². The lowest BCUT2D eigenvalue weighted by molar-refractivity contribution is 0.0827. The summed E-state index contributed by atoms with van der Waals surface area (Å²) in [4.78, 5) is 20.0. The average molecular weight is 345 g/mol. The van der Waals surface area contributed by atoms with E-state index in [9.17, 15) is 4.79 Å². The smallest absolute Gasteiger partial charge is 0.253 e. The minimum absolute atomic E-state index is 0.0199. The largest absolute Gasteiger partial charge is 0.352 e. The van der Waals surface area contributed by atoms with Crippen molar-refractivity contribution in [2.75, 3.05) is 34.7 Å². The molecule has 1 rings (SSSR count). The highest BCUT2D eigenvalue weighted by Gasteiger charge is 2.08. The van der Waals surface area contributed by atoms with E-state index in [1.807, 2.05) is 30.3 Å². The predicted octanol–water partition coefficient (Wildman–Crippen LogP) is 3.14. The van der Waals surface area contributed by atoms with Gasteiger partial charge in [0, 0.05) is 46.8 Å². The highest BCUT2D eigenvalue weighted by Crippen LogP contribution is 2.07. The van der Waals surface area contributed by atoms with Gasteiger partial charge in [-0.05, 0) is 37.0 Å². The van der Waals surface area contributed by atoms with E-state index >= 15 is 0 Å². The zero-order valence-corrected chi connectivity index (χ0v) is 16.1. The van der Waals surface area contributed by atoms with Crippen LogP contribution in [0.2, 0.25) is 0 Å². The maximum atomic E-state index is 11.9. The molecule has 0 fully saturated rings. The summed E-state index contributed by atoms with van der Waals surface area (Å²) < 4.78 is 0. The summed E-state index contributed by atoms with van der Waals surface area (Å²) >= 11 is 0. The molecule has 0 spiro atoms. The van der Waals surface area contributed by atoms with Crippen molar-refractivity contribution in [1.29, 1.82) is 0 Å². The van der Waals surface area contributed by atoms with E-state index < -0.39 is 0 Å². The number of rotatable bonds is 9. The van der Waals surface area contributed by atoms with Crippen LogP contribution in [0.15, 0.2) is 41.9 Å². The molecular weight excluding hydrogens is 312 g/mol. The van der Waals surface area contributed by atoms with Gasteiger partial charge in [0.25, 0.3) is 5.91 Å². The molecule has 1 aromatic carbocycles. The Morgan fingerprint density at radius 2 is 1.84 bits per heavy atom. The molecule has 138 valence electrons. The highest BCUT2D eigenvalue weighted by atomic mass is 16.2. The van der Waals surface area contributed by atoms with Gasteiger partial charge in [-0.15, -0.1) is 6.58 Å². The van der Waals surface area contributed by atoms with Gasteiger partial charge >= 0.3 is 0 Å². The predicted molar refractivity (Wildman–Crippen MR) is 106 cm³/mol. The molecule has 0 aromatic heterocycles. The van der Waals surface area contributed by atoms with Crippen molar-refractivity contribution >= 4 is 11.9 Å². The molecule has 5 nitrogen and oxygen atoms in total. The first kappa shape index (κ1) is 20.7. The number of hydrogen-bond acceptors (Lipinski definition) is 2. The molecule has 0 bridgehead atoms. The molecule has 0 unspecified atom stereocenters. The van der Waals surface area contributed by atoms with Gasteiger partial charge in [0.05, 0.1) is 0 Å². The molecule has 5 heteroatoms. The summed E-state index contributed by atoms with van der Waals surface area (Å²) in [5.74, 6) is 0.906. The molecule has 0 radical (unpaired) electrons. The Kier molecular flexibility index (Phi) is 9.37. The minimum Gasteiger partial charge on any atom is -0.352 e. The maximum Gasteiger partial charge on any atom is 0.253 e. The quantitative estimate of drug-likeness (QED) is 0.324. The van der Waals surface area contributed by atoms with Crippen LogP contribution in [-0.2, 0) is 6.54 Å². The maximum absolute atomic E-state index is 11.9. The van der Waals surface area contributed by atoms with E-state index in [-0.39, 0.29) is 5.91 Å². The highest BCUT2D eigenvalue weighted by molar-refractivity contribution is 5.93. The SMILES string of the molecule is C=CCCCCCN(C)C(=NC)NCc1ccc(C(=O)N(C)C)cc1. The van der Waals surface area contributed by atoms with Crippen molar-refractivity contribution in [3.8, 4) is 0 Å². The zero-order chi connectivity index (χ0) is 18.7. The Hall–Kier alpha value is -2.30. The topological polar surface area (TPSA) is 47.9 Å². The zero-order valence-electron chi connectivity index (χ0n) is 16.1. The van der Waals surface area contributed by atoms with Crippen LogP contribution in [0.4, 0.5) is 0 Å². The van der Waals surface area contributed by atoms with Crippen LogP contribution in [0.25, 0.3) is 0 Å². The van der Waals surface area contributed by atoms with Gasteiger partial charge in [-0.2, -0.15) is 0 Å². The van der Waals surface area contributed by atoms with Crippen molar-refractivity contribution in [3.05, 3.63) is 48.0 Å². The summed E-state index contributed by atoms with van der Waals surface area (Å²) in [6.07, 6.45) is 6.60. The molecule has 1 aromatic rings. The molecule has 0 aliphatic carbocycles. The van der Waals surface area contributed by atoms with Crippen molar-refractivity contribution in [2.24, 2.45) is 4.99 Å². The molecule has 25 heavy (non-hydrogen) atoms. The summed E-state index contributed by atoms with van der Waals surface area (Å²) in [6.45, 7) is 5.41. The molecular formula is C20H32N4O. The third-order valence-electron chi connectivity index (χ3n) is 4.03. The number of guanidine groups is 1. The number of nitrogens with one attached hydrogen (secondary N) is 1. The van der Waals surface area contributed by atoms with Gasteiger partial charge in [-0.3, -0.25) is 9.79 Å². The number of carbonyl (C=O) groups is 1. The second-order valence-electron chi connectivity index (χ2n) is 6.36. The van der Waals surface area contributed by atoms with Gasteiger partial charge in [0.15, 0.2) is 5.96 Å². The fraction of sp³-hybridized carbons (Fsp3) is 0.500. The van der Waals surface area contributed by atoms with Crippen molar-refractivity contribution in [1.82, 2.24) is 15.1 Å². The van der Waals surface area contributed by atoms with Gasteiger partial charge < -0.3 is 15.1 Å². The van der Waals surface area contributed by atoms with Crippen LogP contribution >= 0.6 is 0 Å². The molecule has 0 aliphatic rings. The van der Waals surface area contributed by atoms with E-state index in [0.29, 0.717) is 12.1 Å². The lowest BCUT2D eigenvalue weighted by Gasteiger charge is -2.22. The van der Waals surface area contributed by atoms with Crippen LogP contribution in [0.3, 0.4) is 0 Å². The third-order valence-corrected chi connectivity index (χ3v) is 4.03. The van der Waals surface area contributed by atoms with Gasteiger partial charge in [-0.25, -0.2) is 0 Å². The molecule has 0 heterocycles. The number of unbranched alkanes of at least 4 members (excludes halogenated alkanes) is 3. The number of allylic oxidation sites excluding steroid dienone is 1. The van der Waals surface area contributed by atoms with E-state index in [0.717, 1.165) is 30.9 Å². The van der Waals surface area contributed by atoms with Gasteiger partial charge in [-0.1, -0.05) is 24.6 Å². The standard InChI is InChI=1S/C20H32N4O/c1-6-7-8-9-10-15-24(5)20(21-2)22-16-17-11-13-18(14-12-17)19(25)23(3)4/h6,11-14H,1,7-10,15-16H2,2-5H3,(H,21,22). The van der Waals surface area contributed by atoms with Crippen molar-refractivity contribution in [2.45, 2.75) is 32.2 Å². The van der Waals surface area contributed by atoms with Crippen LogP contribution < -0.4 is 5.32 Å². The Balaban J connectivity index is 2.46. The Morgan fingerprint density at radius 3 is 2.40 bits per heavy atom. The second-order valence-corrected chi connectivity index (χ2v) is 6.36. The van der Waals surface area contributed by atoms with E-state index in [4.69, 9.17) is 0 Å². The number of aliphatic imine (C=N–C) groups is 1. The molecule has 1 N–H and O–H groups in total. The minimum atomic E-state index is 0.0199. The van der Waals surface area contributed by atoms with Gasteiger partial charge in [0.2, 0.25) is 0 Å². The van der Waals surface area contributed by atoms with E-state index in [1.165, 1.54) is 12.8 Å². The molecule has 0 atom stereocenters. The van der Waals surface area contributed by atoms with E-state index in [1.54, 1.807) is 26.0 Å². The number of nitrogens with zero attached hydrogens (tertiary/aromatic N) is 3. The van der Waals surface area contributed by atoms with E-state index in [2.05, 4.69) is 28.8 Å². The fourth-order valence-electron chi connectivity index (χ4n) is 2.51. The first-order valence-electron chi connectivity index (χ1n) is 8.82. The second kappa shape index (κ2) is 11.3. The number of benzene rings is 1. The Bertz CT molecular complexity index is 564. The number of hydrogen-bond donors (Lipinski definition) is 1. The Labute approximate surface area is 152 Å². The molecule has 0 saturated carbocycles. The van der Waals surface area contributed by atoms with Crippen LogP contribution in [0, 0.1) is 0 Å². The lowest BCUT2D eigenvalue weighted by atomic mass is 10.1. The summed E-state index contributed by atoms with van der Waals surface area (Å²) in [7, 11) is 7.38. The average Bonchev–Trinajstić information content (AvgIpc) is 2.61. The first-order chi connectivity index (χ1) is 12.0. The summed E-state index contributed by atoms with van der Waals surface area (Å²) in [6, 6.07) is 7.69. The lowest BCUT2D eigenvalue weighted by Crippen LogP contribution is -2.39. The Morgan fingerprint density at radius 1 is 1.16 bits per heavy atom. The fourth-order valence-corrected chi connectivity index (χ4v) is 2.51. The summed E-state index contributed by atoms with van der Waals surface area (Å²) in [5.41, 5.74) is 1.82. The first-order valence-corrected chi connectivity index (χ1v) is 8.82. The normalized spacial score (nSPS) is 11.1. The summed E-state index contributed by atoms with van der Waals surface area (Å²) in [5, 5.41) is 3.37. The van der Waals surface area contributed by atoms with Crippen LogP contribution in [0.1, 0.15) is 41.6 Å². The number of amides is 1. The van der Waals surface area contributed by atoms with Crippen LogP contribution in [0.5, 0.6) is 0 Å². The molecule has 0 aliphatic heterocycles.